The van der Waals surface area contributed by atoms with E-state index in [4.69, 9.17) is 31.1 Å². The van der Waals surface area contributed by atoms with Gasteiger partial charge in [-0.15, -0.1) is 0 Å². The van der Waals surface area contributed by atoms with Crippen LogP contribution in [0.2, 0.25) is 5.02 Å². The standard InChI is InChI=1S/C24H24ClNO5/c1-4-29-24(28)19(15-26)13-18-7-5-8-20(14-18)31-22(27)9-6-10-30-21-11-16(2)23(25)17(3)12-21/h5,7-8,11-14H,4,6,9-10H2,1-3H3/b19-13+. The Morgan fingerprint density at radius 2 is 1.84 bits per heavy atom. The second-order valence-corrected chi connectivity index (χ2v) is 7.14. The van der Waals surface area contributed by atoms with E-state index >= 15 is 0 Å². The molecule has 0 saturated carbocycles. The predicted molar refractivity (Wildman–Crippen MR) is 118 cm³/mol. The first-order valence-corrected chi connectivity index (χ1v) is 10.2. The van der Waals surface area contributed by atoms with Crippen molar-refractivity contribution < 1.29 is 23.8 Å². The van der Waals surface area contributed by atoms with E-state index in [2.05, 4.69) is 0 Å². The number of ether oxygens (including phenoxy) is 3. The zero-order chi connectivity index (χ0) is 22.8. The average molecular weight is 442 g/mol. The van der Waals surface area contributed by atoms with Crippen LogP contribution in [0.3, 0.4) is 0 Å². The monoisotopic (exact) mass is 441 g/mol. The van der Waals surface area contributed by atoms with Crippen molar-refractivity contribution in [2.75, 3.05) is 13.2 Å². The number of aryl methyl sites for hydroxylation is 2. The van der Waals surface area contributed by atoms with Crippen molar-refractivity contribution in [1.82, 2.24) is 0 Å². The highest BCUT2D eigenvalue weighted by molar-refractivity contribution is 6.32. The number of benzene rings is 2. The third-order valence-electron chi connectivity index (χ3n) is 4.22. The van der Waals surface area contributed by atoms with Crippen LogP contribution in [0.25, 0.3) is 6.08 Å². The van der Waals surface area contributed by atoms with E-state index in [0.717, 1.165) is 16.1 Å². The number of halogens is 1. The lowest BCUT2D eigenvalue weighted by atomic mass is 10.1. The fourth-order valence-corrected chi connectivity index (χ4v) is 2.87. The number of hydrogen-bond acceptors (Lipinski definition) is 6. The van der Waals surface area contributed by atoms with Crippen LogP contribution in [-0.2, 0) is 14.3 Å². The second kappa shape index (κ2) is 11.8. The Hall–Kier alpha value is -3.30. The van der Waals surface area contributed by atoms with Gasteiger partial charge >= 0.3 is 11.9 Å². The fraction of sp³-hybridized carbons (Fsp3) is 0.292. The van der Waals surface area contributed by atoms with Crippen LogP contribution in [-0.4, -0.2) is 25.2 Å². The van der Waals surface area contributed by atoms with Crippen LogP contribution in [0.15, 0.2) is 42.0 Å². The SMILES string of the molecule is CCOC(=O)/C(C#N)=C/c1cccc(OC(=O)CCCOc2cc(C)c(Cl)c(C)c2)c1. The van der Waals surface area contributed by atoms with Gasteiger partial charge in [0.05, 0.1) is 13.2 Å². The molecular weight excluding hydrogens is 418 g/mol. The van der Waals surface area contributed by atoms with Gasteiger partial charge in [0.25, 0.3) is 0 Å². The minimum absolute atomic E-state index is 0.129. The molecule has 0 unspecified atom stereocenters. The molecule has 31 heavy (non-hydrogen) atoms. The molecule has 0 N–H and O–H groups in total. The van der Waals surface area contributed by atoms with E-state index in [1.807, 2.05) is 32.0 Å². The molecule has 0 spiro atoms. The first kappa shape index (κ1) is 24.0. The number of esters is 2. The highest BCUT2D eigenvalue weighted by Gasteiger charge is 2.11. The van der Waals surface area contributed by atoms with Crippen LogP contribution in [0, 0.1) is 25.2 Å². The zero-order valence-corrected chi connectivity index (χ0v) is 18.5. The van der Waals surface area contributed by atoms with Gasteiger partial charge in [-0.1, -0.05) is 23.7 Å². The molecule has 6 nitrogen and oxygen atoms in total. The van der Waals surface area contributed by atoms with Crippen LogP contribution in [0.5, 0.6) is 11.5 Å². The summed E-state index contributed by atoms with van der Waals surface area (Å²) in [6.45, 7) is 6.03. The van der Waals surface area contributed by atoms with Crippen molar-refractivity contribution in [3.05, 3.63) is 63.7 Å². The fourth-order valence-electron chi connectivity index (χ4n) is 2.76. The second-order valence-electron chi connectivity index (χ2n) is 6.76. The van der Waals surface area contributed by atoms with Gasteiger partial charge in [0, 0.05) is 11.4 Å². The molecule has 0 radical (unpaired) electrons. The van der Waals surface area contributed by atoms with Gasteiger partial charge in [0.1, 0.15) is 23.1 Å². The lowest BCUT2D eigenvalue weighted by molar-refractivity contribution is -0.138. The number of nitriles is 1. The van der Waals surface area contributed by atoms with Crippen LogP contribution >= 0.6 is 11.6 Å². The number of carbonyl (C=O) groups excluding carboxylic acids is 2. The van der Waals surface area contributed by atoms with Gasteiger partial charge in [-0.25, -0.2) is 4.79 Å². The molecule has 2 aromatic carbocycles. The van der Waals surface area contributed by atoms with Gasteiger partial charge in [0.15, 0.2) is 0 Å². The minimum atomic E-state index is -0.696. The first-order chi connectivity index (χ1) is 14.8. The lowest BCUT2D eigenvalue weighted by Crippen LogP contribution is -2.10. The Morgan fingerprint density at radius 3 is 2.48 bits per heavy atom. The molecule has 0 aliphatic carbocycles. The smallest absolute Gasteiger partial charge is 0.348 e. The molecule has 0 aliphatic heterocycles. The summed E-state index contributed by atoms with van der Waals surface area (Å²) in [5.41, 5.74) is 2.29. The number of nitrogens with zero attached hydrogens (tertiary/aromatic N) is 1. The molecule has 0 amide bonds. The largest absolute Gasteiger partial charge is 0.494 e. The Kier molecular flexibility index (Phi) is 9.11. The highest BCUT2D eigenvalue weighted by atomic mass is 35.5. The van der Waals surface area contributed by atoms with Crippen LogP contribution in [0.1, 0.15) is 36.5 Å². The topological polar surface area (TPSA) is 85.6 Å². The van der Waals surface area contributed by atoms with Crippen molar-refractivity contribution in [1.29, 1.82) is 5.26 Å². The Labute approximate surface area is 187 Å². The predicted octanol–water partition coefficient (Wildman–Crippen LogP) is 5.19. The number of carbonyl (C=O) groups is 2. The molecule has 2 aromatic rings. The quantitative estimate of drug-likeness (QED) is 0.175. The van der Waals surface area contributed by atoms with Crippen molar-refractivity contribution in [3.63, 3.8) is 0 Å². The third kappa shape index (κ3) is 7.47. The van der Waals surface area contributed by atoms with Crippen LogP contribution in [0.4, 0.5) is 0 Å². The Bertz CT molecular complexity index is 1000. The minimum Gasteiger partial charge on any atom is -0.494 e. The summed E-state index contributed by atoms with van der Waals surface area (Å²) < 4.78 is 15.9. The summed E-state index contributed by atoms with van der Waals surface area (Å²) >= 11 is 6.15. The maximum absolute atomic E-state index is 12.1. The normalized spacial score (nSPS) is 10.9. The molecule has 162 valence electrons. The average Bonchev–Trinajstić information content (AvgIpc) is 2.73. The summed E-state index contributed by atoms with van der Waals surface area (Å²) in [6, 6.07) is 12.1. The molecule has 0 atom stereocenters. The van der Waals surface area contributed by atoms with Gasteiger partial charge in [-0.05, 0) is 74.2 Å². The maximum Gasteiger partial charge on any atom is 0.348 e. The van der Waals surface area contributed by atoms with Crippen molar-refractivity contribution in [2.45, 2.75) is 33.6 Å². The zero-order valence-electron chi connectivity index (χ0n) is 17.7. The summed E-state index contributed by atoms with van der Waals surface area (Å²) in [4.78, 5) is 23.9. The Balaban J connectivity index is 1.88. The molecule has 0 aromatic heterocycles. The van der Waals surface area contributed by atoms with Gasteiger partial charge in [-0.2, -0.15) is 5.26 Å². The summed E-state index contributed by atoms with van der Waals surface area (Å²) in [5.74, 6) is -0.0653. The van der Waals surface area contributed by atoms with Crippen molar-refractivity contribution in [2.24, 2.45) is 0 Å². The molecule has 0 heterocycles. The highest BCUT2D eigenvalue weighted by Crippen LogP contribution is 2.26. The summed E-state index contributed by atoms with van der Waals surface area (Å²) in [6.07, 6.45) is 2.05. The van der Waals surface area contributed by atoms with Gasteiger partial charge in [-0.3, -0.25) is 4.79 Å². The van der Waals surface area contributed by atoms with Gasteiger partial charge in [0.2, 0.25) is 0 Å². The van der Waals surface area contributed by atoms with E-state index in [-0.39, 0.29) is 18.6 Å². The number of rotatable bonds is 9. The molecule has 0 saturated heterocycles. The van der Waals surface area contributed by atoms with E-state index in [9.17, 15) is 9.59 Å². The molecule has 0 aliphatic rings. The van der Waals surface area contributed by atoms with E-state index in [1.165, 1.54) is 6.08 Å². The molecular formula is C24H24ClNO5. The molecule has 0 fully saturated rings. The Morgan fingerprint density at radius 1 is 1.13 bits per heavy atom. The summed E-state index contributed by atoms with van der Waals surface area (Å²) in [5, 5.41) is 9.84. The van der Waals surface area contributed by atoms with E-state index in [1.54, 1.807) is 31.2 Å². The van der Waals surface area contributed by atoms with E-state index in [0.29, 0.717) is 30.1 Å². The van der Waals surface area contributed by atoms with Gasteiger partial charge < -0.3 is 14.2 Å². The number of hydrogen-bond donors (Lipinski definition) is 0. The third-order valence-corrected chi connectivity index (χ3v) is 4.82. The maximum atomic E-state index is 12.1. The van der Waals surface area contributed by atoms with Crippen molar-refractivity contribution in [3.8, 4) is 17.6 Å². The first-order valence-electron chi connectivity index (χ1n) is 9.83. The molecule has 0 bridgehead atoms. The molecule has 2 rings (SSSR count). The summed E-state index contributed by atoms with van der Waals surface area (Å²) in [7, 11) is 0. The van der Waals surface area contributed by atoms with Crippen LogP contribution < -0.4 is 9.47 Å². The molecule has 7 heteroatoms. The van der Waals surface area contributed by atoms with Crippen molar-refractivity contribution >= 4 is 29.6 Å². The lowest BCUT2D eigenvalue weighted by Gasteiger charge is -2.10. The van der Waals surface area contributed by atoms with E-state index < -0.39 is 11.9 Å².